The van der Waals surface area contributed by atoms with Gasteiger partial charge < -0.3 is 10.5 Å². The van der Waals surface area contributed by atoms with Crippen molar-refractivity contribution < 1.29 is 4.74 Å². The van der Waals surface area contributed by atoms with E-state index in [0.717, 1.165) is 19.7 Å². The molecule has 0 aliphatic rings. The Bertz CT molecular complexity index is 117. The molecular weight excluding hydrogens is 164 g/mol. The van der Waals surface area contributed by atoms with Gasteiger partial charge in [0.25, 0.3) is 0 Å². The lowest BCUT2D eigenvalue weighted by atomic mass is 10.2. The summed E-state index contributed by atoms with van der Waals surface area (Å²) in [4.78, 5) is 2.37. The average molecular weight is 188 g/mol. The van der Waals surface area contributed by atoms with Crippen LogP contribution in [0.3, 0.4) is 0 Å². The van der Waals surface area contributed by atoms with Crippen LogP contribution in [0.2, 0.25) is 0 Å². The summed E-state index contributed by atoms with van der Waals surface area (Å²) in [6.07, 6.45) is 0.187. The van der Waals surface area contributed by atoms with Gasteiger partial charge in [-0.05, 0) is 27.3 Å². The van der Waals surface area contributed by atoms with Crippen molar-refractivity contribution in [2.45, 2.75) is 39.8 Å². The summed E-state index contributed by atoms with van der Waals surface area (Å²) >= 11 is 0. The molecule has 0 saturated carbocycles. The van der Waals surface area contributed by atoms with Gasteiger partial charge in [-0.1, -0.05) is 6.92 Å². The van der Waals surface area contributed by atoms with Gasteiger partial charge in [0.15, 0.2) is 0 Å². The molecule has 0 aliphatic heterocycles. The molecule has 0 fully saturated rings. The molecule has 1 unspecified atom stereocenters. The minimum atomic E-state index is 0.187. The summed E-state index contributed by atoms with van der Waals surface area (Å²) in [5, 5.41) is 0. The normalized spacial score (nSPS) is 14.1. The van der Waals surface area contributed by atoms with Gasteiger partial charge in [0.05, 0.1) is 6.10 Å². The Morgan fingerprint density at radius 3 is 2.23 bits per heavy atom. The SMILES string of the molecule is CCOC(CN)CN(CC)C(C)C. The molecule has 80 valence electrons. The first kappa shape index (κ1) is 12.9. The number of nitrogens with zero attached hydrogens (tertiary/aromatic N) is 1. The Kier molecular flexibility index (Phi) is 7.23. The summed E-state index contributed by atoms with van der Waals surface area (Å²) in [7, 11) is 0. The van der Waals surface area contributed by atoms with Crippen LogP contribution in [-0.4, -0.2) is 43.3 Å². The minimum Gasteiger partial charge on any atom is -0.376 e. The van der Waals surface area contributed by atoms with Gasteiger partial charge >= 0.3 is 0 Å². The van der Waals surface area contributed by atoms with E-state index in [1.54, 1.807) is 0 Å². The van der Waals surface area contributed by atoms with Crippen LogP contribution in [0.5, 0.6) is 0 Å². The first-order valence-electron chi connectivity index (χ1n) is 5.21. The van der Waals surface area contributed by atoms with E-state index in [2.05, 4.69) is 25.7 Å². The van der Waals surface area contributed by atoms with E-state index in [9.17, 15) is 0 Å². The molecule has 0 aromatic carbocycles. The van der Waals surface area contributed by atoms with Crippen molar-refractivity contribution >= 4 is 0 Å². The van der Waals surface area contributed by atoms with E-state index in [4.69, 9.17) is 10.5 Å². The Balaban J connectivity index is 3.87. The van der Waals surface area contributed by atoms with Crippen LogP contribution in [-0.2, 0) is 4.74 Å². The molecule has 0 heterocycles. The second-order valence-corrected chi connectivity index (χ2v) is 3.49. The lowest BCUT2D eigenvalue weighted by Gasteiger charge is -2.28. The van der Waals surface area contributed by atoms with Crippen LogP contribution in [0.25, 0.3) is 0 Å². The molecule has 3 heteroatoms. The fourth-order valence-electron chi connectivity index (χ4n) is 1.40. The Morgan fingerprint density at radius 2 is 1.92 bits per heavy atom. The molecule has 0 aliphatic carbocycles. The van der Waals surface area contributed by atoms with E-state index < -0.39 is 0 Å². The molecule has 2 N–H and O–H groups in total. The second kappa shape index (κ2) is 7.30. The van der Waals surface area contributed by atoms with Crippen LogP contribution in [0.4, 0.5) is 0 Å². The van der Waals surface area contributed by atoms with Gasteiger partial charge in [0.1, 0.15) is 0 Å². The number of likely N-dealkylation sites (N-methyl/N-ethyl adjacent to an activating group) is 1. The summed E-state index contributed by atoms with van der Waals surface area (Å²) in [5.74, 6) is 0. The molecule has 13 heavy (non-hydrogen) atoms. The third-order valence-corrected chi connectivity index (χ3v) is 2.24. The lowest BCUT2D eigenvalue weighted by molar-refractivity contribution is 0.0329. The second-order valence-electron chi connectivity index (χ2n) is 3.49. The summed E-state index contributed by atoms with van der Waals surface area (Å²) < 4.78 is 5.51. The van der Waals surface area contributed by atoms with Crippen molar-refractivity contribution in [3.8, 4) is 0 Å². The third kappa shape index (κ3) is 5.24. The number of nitrogens with two attached hydrogens (primary N) is 1. The topological polar surface area (TPSA) is 38.5 Å². The molecule has 0 aromatic rings. The summed E-state index contributed by atoms with van der Waals surface area (Å²) in [6.45, 7) is 11.9. The Labute approximate surface area is 82.2 Å². The predicted molar refractivity (Wildman–Crippen MR) is 56.9 cm³/mol. The van der Waals surface area contributed by atoms with Gasteiger partial charge in [-0.25, -0.2) is 0 Å². The Morgan fingerprint density at radius 1 is 1.31 bits per heavy atom. The van der Waals surface area contributed by atoms with Crippen molar-refractivity contribution in [3.05, 3.63) is 0 Å². The van der Waals surface area contributed by atoms with E-state index >= 15 is 0 Å². The van der Waals surface area contributed by atoms with Gasteiger partial charge in [-0.3, -0.25) is 4.90 Å². The molecule has 0 bridgehead atoms. The highest BCUT2D eigenvalue weighted by Gasteiger charge is 2.13. The van der Waals surface area contributed by atoms with Gasteiger partial charge in [0.2, 0.25) is 0 Å². The molecule has 0 radical (unpaired) electrons. The lowest BCUT2D eigenvalue weighted by Crippen LogP contribution is -2.41. The first-order chi connectivity index (χ1) is 6.15. The van der Waals surface area contributed by atoms with Gasteiger partial charge in [-0.15, -0.1) is 0 Å². The smallest absolute Gasteiger partial charge is 0.0823 e. The van der Waals surface area contributed by atoms with Crippen molar-refractivity contribution in [1.82, 2.24) is 4.90 Å². The Hall–Kier alpha value is -0.120. The van der Waals surface area contributed by atoms with Crippen LogP contribution in [0, 0.1) is 0 Å². The van der Waals surface area contributed by atoms with Crippen LogP contribution in [0.1, 0.15) is 27.7 Å². The van der Waals surface area contributed by atoms with E-state index in [-0.39, 0.29) is 6.10 Å². The maximum Gasteiger partial charge on any atom is 0.0823 e. The first-order valence-corrected chi connectivity index (χ1v) is 5.21. The molecule has 3 nitrogen and oxygen atoms in total. The van der Waals surface area contributed by atoms with E-state index in [0.29, 0.717) is 12.6 Å². The molecule has 0 saturated heterocycles. The molecule has 1 atom stereocenters. The monoisotopic (exact) mass is 188 g/mol. The summed E-state index contributed by atoms with van der Waals surface area (Å²) in [5.41, 5.74) is 5.61. The van der Waals surface area contributed by atoms with Crippen molar-refractivity contribution in [2.24, 2.45) is 5.73 Å². The fourth-order valence-corrected chi connectivity index (χ4v) is 1.40. The van der Waals surface area contributed by atoms with Crippen molar-refractivity contribution in [3.63, 3.8) is 0 Å². The third-order valence-electron chi connectivity index (χ3n) is 2.24. The summed E-state index contributed by atoms with van der Waals surface area (Å²) in [6, 6.07) is 0.569. The molecule has 0 aromatic heterocycles. The van der Waals surface area contributed by atoms with Crippen LogP contribution in [0.15, 0.2) is 0 Å². The van der Waals surface area contributed by atoms with Gasteiger partial charge in [-0.2, -0.15) is 0 Å². The molecule has 0 amide bonds. The predicted octanol–water partition coefficient (Wildman–Crippen LogP) is 1.08. The molecule has 0 spiro atoms. The minimum absolute atomic E-state index is 0.187. The highest BCUT2D eigenvalue weighted by atomic mass is 16.5. The van der Waals surface area contributed by atoms with Crippen molar-refractivity contribution in [2.75, 3.05) is 26.2 Å². The standard InChI is InChI=1S/C10H24N2O/c1-5-12(9(3)4)8-10(7-11)13-6-2/h9-10H,5-8,11H2,1-4H3. The maximum atomic E-state index is 5.61. The zero-order chi connectivity index (χ0) is 10.3. The number of ether oxygens (including phenoxy) is 1. The number of hydrogen-bond acceptors (Lipinski definition) is 3. The van der Waals surface area contributed by atoms with Crippen LogP contribution >= 0.6 is 0 Å². The maximum absolute atomic E-state index is 5.61. The van der Waals surface area contributed by atoms with E-state index in [1.807, 2.05) is 6.92 Å². The largest absolute Gasteiger partial charge is 0.376 e. The van der Waals surface area contributed by atoms with Crippen molar-refractivity contribution in [1.29, 1.82) is 0 Å². The molecule has 0 rings (SSSR count). The van der Waals surface area contributed by atoms with E-state index in [1.165, 1.54) is 0 Å². The highest BCUT2D eigenvalue weighted by Crippen LogP contribution is 2.01. The fraction of sp³-hybridized carbons (Fsp3) is 1.00. The zero-order valence-corrected chi connectivity index (χ0v) is 9.42. The van der Waals surface area contributed by atoms with Gasteiger partial charge in [0, 0.05) is 25.7 Å². The number of rotatable bonds is 7. The number of hydrogen-bond donors (Lipinski definition) is 1. The quantitative estimate of drug-likeness (QED) is 0.650. The average Bonchev–Trinajstić information content (AvgIpc) is 2.11. The highest BCUT2D eigenvalue weighted by molar-refractivity contribution is 4.68. The van der Waals surface area contributed by atoms with Crippen LogP contribution < -0.4 is 5.73 Å². The zero-order valence-electron chi connectivity index (χ0n) is 9.42. The molecular formula is C10H24N2O.